The SMILES string of the molecule is CCN(CC)C(=O)c1cc(-c2ccccc2)cc2ccccc12. The van der Waals surface area contributed by atoms with Crippen molar-refractivity contribution in [3.63, 3.8) is 0 Å². The molecule has 1 amide bonds. The van der Waals surface area contributed by atoms with Gasteiger partial charge < -0.3 is 4.90 Å². The molecule has 23 heavy (non-hydrogen) atoms. The first-order valence-corrected chi connectivity index (χ1v) is 8.12. The van der Waals surface area contributed by atoms with Gasteiger partial charge >= 0.3 is 0 Å². The van der Waals surface area contributed by atoms with Gasteiger partial charge in [0.15, 0.2) is 0 Å². The lowest BCUT2D eigenvalue weighted by molar-refractivity contribution is 0.0775. The highest BCUT2D eigenvalue weighted by molar-refractivity contribution is 6.08. The highest BCUT2D eigenvalue weighted by atomic mass is 16.2. The van der Waals surface area contributed by atoms with Crippen LogP contribution in [-0.2, 0) is 0 Å². The van der Waals surface area contributed by atoms with Gasteiger partial charge in [0, 0.05) is 18.7 Å². The van der Waals surface area contributed by atoms with Crippen LogP contribution in [0.5, 0.6) is 0 Å². The number of carbonyl (C=O) groups excluding carboxylic acids is 1. The van der Waals surface area contributed by atoms with Gasteiger partial charge in [-0.05, 0) is 47.9 Å². The van der Waals surface area contributed by atoms with Crippen LogP contribution in [0.15, 0.2) is 66.7 Å². The number of hydrogen-bond acceptors (Lipinski definition) is 1. The minimum atomic E-state index is 0.101. The molecule has 3 aromatic carbocycles. The lowest BCUT2D eigenvalue weighted by Crippen LogP contribution is -2.30. The molecule has 0 bridgehead atoms. The summed E-state index contributed by atoms with van der Waals surface area (Å²) in [5.74, 6) is 0.101. The number of benzene rings is 3. The quantitative estimate of drug-likeness (QED) is 0.665. The Kier molecular flexibility index (Phi) is 4.42. The summed E-state index contributed by atoms with van der Waals surface area (Å²) in [6, 6.07) is 22.5. The second kappa shape index (κ2) is 6.66. The van der Waals surface area contributed by atoms with Gasteiger partial charge in [-0.25, -0.2) is 0 Å². The van der Waals surface area contributed by atoms with E-state index >= 15 is 0 Å². The predicted molar refractivity (Wildman–Crippen MR) is 96.6 cm³/mol. The first kappa shape index (κ1) is 15.3. The molecule has 0 saturated carbocycles. The van der Waals surface area contributed by atoms with Gasteiger partial charge in [-0.15, -0.1) is 0 Å². The monoisotopic (exact) mass is 303 g/mol. The van der Waals surface area contributed by atoms with Crippen molar-refractivity contribution in [2.45, 2.75) is 13.8 Å². The van der Waals surface area contributed by atoms with Crippen LogP contribution in [0.2, 0.25) is 0 Å². The molecule has 3 rings (SSSR count). The third kappa shape index (κ3) is 2.98. The van der Waals surface area contributed by atoms with E-state index in [1.54, 1.807) is 0 Å². The van der Waals surface area contributed by atoms with E-state index < -0.39 is 0 Å². The van der Waals surface area contributed by atoms with E-state index in [1.165, 1.54) is 0 Å². The second-order valence-electron chi connectivity index (χ2n) is 5.59. The molecule has 0 N–H and O–H groups in total. The molecule has 0 aliphatic heterocycles. The minimum Gasteiger partial charge on any atom is -0.339 e. The summed E-state index contributed by atoms with van der Waals surface area (Å²) in [7, 11) is 0. The van der Waals surface area contributed by atoms with Crippen molar-refractivity contribution in [3.05, 3.63) is 72.3 Å². The predicted octanol–water partition coefficient (Wildman–Crippen LogP) is 4.99. The molecule has 0 fully saturated rings. The largest absolute Gasteiger partial charge is 0.339 e. The van der Waals surface area contributed by atoms with E-state index in [2.05, 4.69) is 24.3 Å². The van der Waals surface area contributed by atoms with Crippen molar-refractivity contribution in [2.75, 3.05) is 13.1 Å². The van der Waals surface area contributed by atoms with Gasteiger partial charge in [-0.2, -0.15) is 0 Å². The number of hydrogen-bond donors (Lipinski definition) is 0. The molecule has 2 nitrogen and oxygen atoms in total. The molecule has 0 unspecified atom stereocenters. The fraction of sp³-hybridized carbons (Fsp3) is 0.190. The average molecular weight is 303 g/mol. The second-order valence-corrected chi connectivity index (χ2v) is 5.59. The van der Waals surface area contributed by atoms with Crippen LogP contribution >= 0.6 is 0 Å². The maximum atomic E-state index is 12.9. The zero-order valence-electron chi connectivity index (χ0n) is 13.6. The highest BCUT2D eigenvalue weighted by Gasteiger charge is 2.16. The van der Waals surface area contributed by atoms with Gasteiger partial charge in [0.05, 0.1) is 0 Å². The van der Waals surface area contributed by atoms with Gasteiger partial charge in [-0.1, -0.05) is 54.6 Å². The van der Waals surface area contributed by atoms with Crippen molar-refractivity contribution >= 4 is 16.7 Å². The molecule has 0 radical (unpaired) electrons. The van der Waals surface area contributed by atoms with E-state index in [4.69, 9.17) is 0 Å². The van der Waals surface area contributed by atoms with Crippen LogP contribution in [0.3, 0.4) is 0 Å². The van der Waals surface area contributed by atoms with Crippen molar-refractivity contribution in [1.29, 1.82) is 0 Å². The Bertz CT molecular complexity index is 820. The molecule has 0 spiro atoms. The molecule has 0 heterocycles. The summed E-state index contributed by atoms with van der Waals surface area (Å²) in [4.78, 5) is 14.8. The molecule has 2 heteroatoms. The van der Waals surface area contributed by atoms with E-state index in [0.717, 1.165) is 40.6 Å². The third-order valence-electron chi connectivity index (χ3n) is 4.25. The van der Waals surface area contributed by atoms with Crippen molar-refractivity contribution in [3.8, 4) is 11.1 Å². The maximum Gasteiger partial charge on any atom is 0.254 e. The molecule has 0 aliphatic rings. The van der Waals surface area contributed by atoms with E-state index in [9.17, 15) is 4.79 Å². The Morgan fingerprint density at radius 2 is 1.48 bits per heavy atom. The molecule has 0 aromatic heterocycles. The standard InChI is InChI=1S/C21H21NO/c1-3-22(4-2)21(23)20-15-18(16-10-6-5-7-11-16)14-17-12-8-9-13-19(17)20/h5-15H,3-4H2,1-2H3. The molecule has 116 valence electrons. The number of carbonyl (C=O) groups is 1. The van der Waals surface area contributed by atoms with Crippen LogP contribution in [0.1, 0.15) is 24.2 Å². The van der Waals surface area contributed by atoms with Gasteiger partial charge in [-0.3, -0.25) is 4.79 Å². The van der Waals surface area contributed by atoms with Crippen molar-refractivity contribution < 1.29 is 4.79 Å². The average Bonchev–Trinajstić information content (AvgIpc) is 2.62. The Balaban J connectivity index is 2.21. The molecule has 3 aromatic rings. The first-order valence-electron chi connectivity index (χ1n) is 8.12. The molecular weight excluding hydrogens is 282 g/mol. The van der Waals surface area contributed by atoms with Crippen LogP contribution in [0.25, 0.3) is 21.9 Å². The van der Waals surface area contributed by atoms with E-state index in [-0.39, 0.29) is 5.91 Å². The number of amides is 1. The molecule has 0 saturated heterocycles. The van der Waals surface area contributed by atoms with Gasteiger partial charge in [0.2, 0.25) is 0 Å². The van der Waals surface area contributed by atoms with E-state index in [1.807, 2.05) is 61.2 Å². The lowest BCUT2D eigenvalue weighted by Gasteiger charge is -2.20. The zero-order chi connectivity index (χ0) is 16.2. The van der Waals surface area contributed by atoms with Gasteiger partial charge in [0.1, 0.15) is 0 Å². The fourth-order valence-electron chi connectivity index (χ4n) is 2.97. The number of rotatable bonds is 4. The molecular formula is C21H21NO. The van der Waals surface area contributed by atoms with Crippen LogP contribution < -0.4 is 0 Å². The summed E-state index contributed by atoms with van der Waals surface area (Å²) >= 11 is 0. The summed E-state index contributed by atoms with van der Waals surface area (Å²) < 4.78 is 0. The summed E-state index contributed by atoms with van der Waals surface area (Å²) in [6.45, 7) is 5.48. The topological polar surface area (TPSA) is 20.3 Å². The molecule has 0 atom stereocenters. The summed E-state index contributed by atoms with van der Waals surface area (Å²) in [6.07, 6.45) is 0. The van der Waals surface area contributed by atoms with Crippen LogP contribution in [-0.4, -0.2) is 23.9 Å². The maximum absolute atomic E-state index is 12.9. The van der Waals surface area contributed by atoms with Crippen molar-refractivity contribution in [2.24, 2.45) is 0 Å². The van der Waals surface area contributed by atoms with Crippen LogP contribution in [0, 0.1) is 0 Å². The van der Waals surface area contributed by atoms with E-state index in [0.29, 0.717) is 0 Å². The first-order chi connectivity index (χ1) is 11.2. The normalized spacial score (nSPS) is 10.7. The van der Waals surface area contributed by atoms with Crippen LogP contribution in [0.4, 0.5) is 0 Å². The third-order valence-corrected chi connectivity index (χ3v) is 4.25. The summed E-state index contributed by atoms with van der Waals surface area (Å²) in [5.41, 5.74) is 3.00. The zero-order valence-corrected chi connectivity index (χ0v) is 13.6. The smallest absolute Gasteiger partial charge is 0.254 e. The Labute approximate surface area is 137 Å². The Hall–Kier alpha value is -2.61. The number of nitrogens with zero attached hydrogens (tertiary/aromatic N) is 1. The minimum absolute atomic E-state index is 0.101. The number of fused-ring (bicyclic) bond motifs is 1. The van der Waals surface area contributed by atoms with Crippen molar-refractivity contribution in [1.82, 2.24) is 4.90 Å². The highest BCUT2D eigenvalue weighted by Crippen LogP contribution is 2.28. The lowest BCUT2D eigenvalue weighted by atomic mass is 9.96. The fourth-order valence-corrected chi connectivity index (χ4v) is 2.97. The summed E-state index contributed by atoms with van der Waals surface area (Å²) in [5, 5.41) is 2.12. The Morgan fingerprint density at radius 1 is 0.826 bits per heavy atom. The molecule has 0 aliphatic carbocycles. The Morgan fingerprint density at radius 3 is 2.17 bits per heavy atom. The van der Waals surface area contributed by atoms with Gasteiger partial charge in [0.25, 0.3) is 5.91 Å².